The fourth-order valence-corrected chi connectivity index (χ4v) is 2.92. The second-order valence-corrected chi connectivity index (χ2v) is 5.14. The molecule has 2 atom stereocenters. The number of halogens is 1. The lowest BCUT2D eigenvalue weighted by Crippen LogP contribution is -2.25. The van der Waals surface area contributed by atoms with Gasteiger partial charge in [-0.2, -0.15) is 5.26 Å². The van der Waals surface area contributed by atoms with E-state index in [2.05, 4.69) is 11.4 Å². The largest absolute Gasteiger partial charge is 0.396 e. The van der Waals surface area contributed by atoms with Crippen molar-refractivity contribution in [1.29, 1.82) is 5.26 Å². The Kier molecular flexibility index (Phi) is 4.46. The molecule has 2 rings (SSSR count). The van der Waals surface area contributed by atoms with Gasteiger partial charge in [-0.25, -0.2) is 0 Å². The molecule has 1 aliphatic rings. The van der Waals surface area contributed by atoms with Crippen molar-refractivity contribution in [3.05, 3.63) is 28.8 Å². The van der Waals surface area contributed by atoms with Gasteiger partial charge in [-0.15, -0.1) is 0 Å². The molecule has 0 heterocycles. The van der Waals surface area contributed by atoms with Gasteiger partial charge >= 0.3 is 0 Å². The van der Waals surface area contributed by atoms with Crippen molar-refractivity contribution < 1.29 is 5.11 Å². The summed E-state index contributed by atoms with van der Waals surface area (Å²) in [5.41, 5.74) is 1.31. The summed E-state index contributed by atoms with van der Waals surface area (Å²) < 4.78 is 0. The van der Waals surface area contributed by atoms with Gasteiger partial charge in [0, 0.05) is 12.6 Å². The van der Waals surface area contributed by atoms with Crippen LogP contribution >= 0.6 is 11.6 Å². The molecule has 0 saturated heterocycles. The molecule has 1 aliphatic carbocycles. The van der Waals surface area contributed by atoms with Crippen LogP contribution in [0.5, 0.6) is 0 Å². The molecule has 0 amide bonds. The van der Waals surface area contributed by atoms with Gasteiger partial charge in [0.2, 0.25) is 0 Å². The molecule has 1 aromatic carbocycles. The van der Waals surface area contributed by atoms with Crippen molar-refractivity contribution in [3.63, 3.8) is 0 Å². The smallest absolute Gasteiger partial charge is 0.101 e. The van der Waals surface area contributed by atoms with Gasteiger partial charge < -0.3 is 10.4 Å². The minimum absolute atomic E-state index is 0.219. The number of benzene rings is 1. The Balaban J connectivity index is 2.16. The predicted molar refractivity (Wildman–Crippen MR) is 72.6 cm³/mol. The highest BCUT2D eigenvalue weighted by Crippen LogP contribution is 2.34. The summed E-state index contributed by atoms with van der Waals surface area (Å²) in [5, 5.41) is 22.1. The van der Waals surface area contributed by atoms with Gasteiger partial charge in [0.25, 0.3) is 0 Å². The molecule has 0 bridgehead atoms. The summed E-state index contributed by atoms with van der Waals surface area (Å²) >= 11 is 6.15. The van der Waals surface area contributed by atoms with E-state index in [9.17, 15) is 0 Å². The molecule has 18 heavy (non-hydrogen) atoms. The molecule has 4 heteroatoms. The van der Waals surface area contributed by atoms with E-state index in [-0.39, 0.29) is 6.61 Å². The van der Waals surface area contributed by atoms with Crippen LogP contribution in [0.4, 0.5) is 5.69 Å². The number of anilines is 1. The number of hydrogen-bond donors (Lipinski definition) is 2. The zero-order valence-electron chi connectivity index (χ0n) is 10.2. The van der Waals surface area contributed by atoms with Crippen LogP contribution in [0.25, 0.3) is 0 Å². The van der Waals surface area contributed by atoms with Gasteiger partial charge in [-0.3, -0.25) is 0 Å². The van der Waals surface area contributed by atoms with E-state index in [0.717, 1.165) is 31.4 Å². The highest BCUT2D eigenvalue weighted by Gasteiger charge is 2.27. The average molecular weight is 265 g/mol. The normalized spacial score (nSPS) is 22.7. The van der Waals surface area contributed by atoms with E-state index in [1.165, 1.54) is 0 Å². The van der Waals surface area contributed by atoms with Crippen molar-refractivity contribution in [1.82, 2.24) is 0 Å². The van der Waals surface area contributed by atoms with Gasteiger partial charge in [0.05, 0.1) is 16.3 Å². The van der Waals surface area contributed by atoms with Crippen molar-refractivity contribution in [3.8, 4) is 6.07 Å². The summed E-state index contributed by atoms with van der Waals surface area (Å²) in [6.45, 7) is 0.219. The maximum Gasteiger partial charge on any atom is 0.101 e. The first-order chi connectivity index (χ1) is 8.76. The third kappa shape index (κ3) is 2.77. The van der Waals surface area contributed by atoms with E-state index >= 15 is 0 Å². The summed E-state index contributed by atoms with van der Waals surface area (Å²) in [4.78, 5) is 0. The minimum atomic E-state index is 0.219. The Labute approximate surface area is 112 Å². The lowest BCUT2D eigenvalue weighted by molar-refractivity contribution is 0.254. The fraction of sp³-hybridized carbons (Fsp3) is 0.500. The predicted octanol–water partition coefficient (Wildman–Crippen LogP) is 3.17. The molecule has 1 fully saturated rings. The number of nitriles is 1. The van der Waals surface area contributed by atoms with E-state index in [0.29, 0.717) is 22.5 Å². The van der Waals surface area contributed by atoms with Crippen molar-refractivity contribution in [2.45, 2.75) is 31.7 Å². The quantitative estimate of drug-likeness (QED) is 0.878. The molecule has 3 nitrogen and oxygen atoms in total. The summed E-state index contributed by atoms with van der Waals surface area (Å²) in [6, 6.07) is 7.81. The van der Waals surface area contributed by atoms with Gasteiger partial charge in [-0.1, -0.05) is 24.1 Å². The van der Waals surface area contributed by atoms with Crippen LogP contribution in [0.3, 0.4) is 0 Å². The van der Waals surface area contributed by atoms with Gasteiger partial charge in [-0.05, 0) is 37.3 Å². The maximum absolute atomic E-state index is 9.10. The maximum atomic E-state index is 9.10. The Morgan fingerprint density at radius 2 is 2.28 bits per heavy atom. The van der Waals surface area contributed by atoms with E-state index in [1.54, 1.807) is 18.2 Å². The minimum Gasteiger partial charge on any atom is -0.396 e. The number of hydrogen-bond acceptors (Lipinski definition) is 3. The topological polar surface area (TPSA) is 56.0 Å². The highest BCUT2D eigenvalue weighted by molar-refractivity contribution is 6.33. The molecular weight excluding hydrogens is 248 g/mol. The van der Waals surface area contributed by atoms with Crippen LogP contribution in [-0.4, -0.2) is 17.8 Å². The highest BCUT2D eigenvalue weighted by atomic mass is 35.5. The Bertz CT molecular complexity index is 456. The van der Waals surface area contributed by atoms with Crippen LogP contribution in [0.15, 0.2) is 18.2 Å². The van der Waals surface area contributed by atoms with E-state index in [4.69, 9.17) is 22.0 Å². The SMILES string of the molecule is N#Cc1cccc(Cl)c1NC1CCCC1CCO. The van der Waals surface area contributed by atoms with Crippen LogP contribution in [0, 0.1) is 17.2 Å². The summed E-state index contributed by atoms with van der Waals surface area (Å²) in [6.07, 6.45) is 4.17. The number of nitrogens with one attached hydrogen (secondary N) is 1. The van der Waals surface area contributed by atoms with Crippen LogP contribution in [-0.2, 0) is 0 Å². The molecule has 0 aromatic heterocycles. The second kappa shape index (κ2) is 6.08. The van der Waals surface area contributed by atoms with Crippen molar-refractivity contribution >= 4 is 17.3 Å². The number of nitrogens with zero attached hydrogens (tertiary/aromatic N) is 1. The Morgan fingerprint density at radius 1 is 1.44 bits per heavy atom. The number of aliphatic hydroxyl groups excluding tert-OH is 1. The third-order valence-corrected chi connectivity index (χ3v) is 3.94. The molecule has 0 aliphatic heterocycles. The number of para-hydroxylation sites is 1. The zero-order valence-corrected chi connectivity index (χ0v) is 11.0. The number of rotatable bonds is 4. The van der Waals surface area contributed by atoms with E-state index < -0.39 is 0 Å². The van der Waals surface area contributed by atoms with Crippen LogP contribution in [0.1, 0.15) is 31.2 Å². The first-order valence-corrected chi connectivity index (χ1v) is 6.70. The van der Waals surface area contributed by atoms with Crippen LogP contribution in [0.2, 0.25) is 5.02 Å². The zero-order chi connectivity index (χ0) is 13.0. The summed E-state index contributed by atoms with van der Waals surface area (Å²) in [5.74, 6) is 0.470. The molecule has 1 aromatic rings. The first kappa shape index (κ1) is 13.2. The first-order valence-electron chi connectivity index (χ1n) is 6.32. The van der Waals surface area contributed by atoms with Gasteiger partial charge in [0.15, 0.2) is 0 Å². The Morgan fingerprint density at radius 3 is 3.00 bits per heavy atom. The molecule has 2 N–H and O–H groups in total. The molecule has 0 spiro atoms. The van der Waals surface area contributed by atoms with Crippen molar-refractivity contribution in [2.75, 3.05) is 11.9 Å². The molecule has 0 radical (unpaired) electrons. The Hall–Kier alpha value is -1.24. The standard InChI is InChI=1S/C14H17ClN2O/c15-12-5-1-4-11(9-16)14(12)17-13-6-2-3-10(13)7-8-18/h1,4-5,10,13,17-18H,2-3,6-8H2. The lowest BCUT2D eigenvalue weighted by atomic mass is 9.99. The second-order valence-electron chi connectivity index (χ2n) is 4.73. The lowest BCUT2D eigenvalue weighted by Gasteiger charge is -2.22. The third-order valence-electron chi connectivity index (χ3n) is 3.62. The monoisotopic (exact) mass is 264 g/mol. The molecule has 2 unspecified atom stereocenters. The van der Waals surface area contributed by atoms with Crippen molar-refractivity contribution in [2.24, 2.45) is 5.92 Å². The van der Waals surface area contributed by atoms with Crippen LogP contribution < -0.4 is 5.32 Å². The molecular formula is C14H17ClN2O. The number of aliphatic hydroxyl groups is 1. The molecule has 1 saturated carbocycles. The van der Waals surface area contributed by atoms with Gasteiger partial charge in [0.1, 0.15) is 6.07 Å². The molecule has 96 valence electrons. The van der Waals surface area contributed by atoms with E-state index in [1.807, 2.05) is 0 Å². The summed E-state index contributed by atoms with van der Waals surface area (Å²) in [7, 11) is 0. The average Bonchev–Trinajstić information content (AvgIpc) is 2.80. The fourth-order valence-electron chi connectivity index (χ4n) is 2.69.